The van der Waals surface area contributed by atoms with Crippen LogP contribution in [0, 0.1) is 5.41 Å². The van der Waals surface area contributed by atoms with Crippen molar-refractivity contribution in [3.05, 3.63) is 23.5 Å². The lowest BCUT2D eigenvalue weighted by Crippen LogP contribution is -2.41. The maximum atomic E-state index is 12.2. The lowest BCUT2D eigenvalue weighted by molar-refractivity contribution is -0.148. The minimum Gasteiger partial charge on any atom is -0.481 e. The average Bonchev–Trinajstić information content (AvgIpc) is 3.03. The molecule has 2 rings (SSSR count). The van der Waals surface area contributed by atoms with Crippen LogP contribution in [0.25, 0.3) is 0 Å². The van der Waals surface area contributed by atoms with Crippen LogP contribution in [0.4, 0.5) is 0 Å². The van der Waals surface area contributed by atoms with Gasteiger partial charge in [0, 0.05) is 25.4 Å². The van der Waals surface area contributed by atoms with E-state index in [0.717, 1.165) is 12.8 Å². The highest BCUT2D eigenvalue weighted by Gasteiger charge is 2.41. The summed E-state index contributed by atoms with van der Waals surface area (Å²) in [7, 11) is 1.68. The van der Waals surface area contributed by atoms with Crippen LogP contribution in [0.3, 0.4) is 0 Å². The quantitative estimate of drug-likeness (QED) is 0.807. The molecule has 6 heteroatoms. The second kappa shape index (κ2) is 5.71. The summed E-state index contributed by atoms with van der Waals surface area (Å²) in [5, 5.41) is 12.1. The summed E-state index contributed by atoms with van der Waals surface area (Å²) < 4.78 is 1.58. The van der Waals surface area contributed by atoms with Crippen molar-refractivity contribution in [2.45, 2.75) is 32.6 Å². The standard InChI is InChI=1S/C15H20N2O4/c1-10(18)11-7-12(17(2)8-11)13(19)16-9-15(14(20)21)5-3-4-6-15/h7-8H,3-6,9H2,1-2H3,(H,16,19)(H,20,21). The number of nitrogens with zero attached hydrogens (tertiary/aromatic N) is 1. The number of aromatic nitrogens is 1. The molecule has 0 radical (unpaired) electrons. The number of carbonyl (C=O) groups is 3. The van der Waals surface area contributed by atoms with E-state index in [1.807, 2.05) is 0 Å². The highest BCUT2D eigenvalue weighted by atomic mass is 16.4. The van der Waals surface area contributed by atoms with Gasteiger partial charge in [-0.1, -0.05) is 12.8 Å². The summed E-state index contributed by atoms with van der Waals surface area (Å²) >= 11 is 0. The smallest absolute Gasteiger partial charge is 0.311 e. The van der Waals surface area contributed by atoms with Gasteiger partial charge in [-0.3, -0.25) is 14.4 Å². The fourth-order valence-corrected chi connectivity index (χ4v) is 2.84. The van der Waals surface area contributed by atoms with E-state index in [0.29, 0.717) is 24.1 Å². The second-order valence-electron chi connectivity index (χ2n) is 5.76. The lowest BCUT2D eigenvalue weighted by Gasteiger charge is -2.23. The van der Waals surface area contributed by atoms with Crippen molar-refractivity contribution >= 4 is 17.7 Å². The first-order valence-electron chi connectivity index (χ1n) is 7.05. The minimum atomic E-state index is -0.850. The number of aliphatic carboxylic acids is 1. The molecule has 6 nitrogen and oxygen atoms in total. The van der Waals surface area contributed by atoms with Crippen molar-refractivity contribution in [3.63, 3.8) is 0 Å². The van der Waals surface area contributed by atoms with Crippen molar-refractivity contribution in [2.75, 3.05) is 6.54 Å². The number of amides is 1. The molecule has 1 saturated carbocycles. The number of ketones is 1. The van der Waals surface area contributed by atoms with Gasteiger partial charge in [-0.05, 0) is 25.8 Å². The number of aryl methyl sites for hydroxylation is 1. The van der Waals surface area contributed by atoms with Crippen molar-refractivity contribution in [1.82, 2.24) is 9.88 Å². The van der Waals surface area contributed by atoms with E-state index in [1.165, 1.54) is 13.0 Å². The Hall–Kier alpha value is -2.11. The van der Waals surface area contributed by atoms with Gasteiger partial charge in [0.05, 0.1) is 5.41 Å². The zero-order valence-corrected chi connectivity index (χ0v) is 12.3. The van der Waals surface area contributed by atoms with Gasteiger partial charge in [0.15, 0.2) is 5.78 Å². The molecular formula is C15H20N2O4. The molecule has 1 heterocycles. The number of carbonyl (C=O) groups excluding carboxylic acids is 2. The second-order valence-corrected chi connectivity index (χ2v) is 5.76. The van der Waals surface area contributed by atoms with Crippen LogP contribution >= 0.6 is 0 Å². The predicted molar refractivity (Wildman–Crippen MR) is 76.3 cm³/mol. The number of carboxylic acid groups (broad SMARTS) is 1. The van der Waals surface area contributed by atoms with Gasteiger partial charge in [-0.15, -0.1) is 0 Å². The third-order valence-corrected chi connectivity index (χ3v) is 4.25. The van der Waals surface area contributed by atoms with Crippen LogP contribution < -0.4 is 5.32 Å². The molecule has 1 aromatic heterocycles. The Kier molecular flexibility index (Phi) is 4.16. The Morgan fingerprint density at radius 2 is 1.95 bits per heavy atom. The van der Waals surface area contributed by atoms with Crippen molar-refractivity contribution in [3.8, 4) is 0 Å². The Morgan fingerprint density at radius 3 is 2.43 bits per heavy atom. The average molecular weight is 292 g/mol. The van der Waals surface area contributed by atoms with E-state index in [4.69, 9.17) is 0 Å². The maximum absolute atomic E-state index is 12.2. The Morgan fingerprint density at radius 1 is 1.33 bits per heavy atom. The molecule has 0 bridgehead atoms. The van der Waals surface area contributed by atoms with Crippen molar-refractivity contribution < 1.29 is 19.5 Å². The van der Waals surface area contributed by atoms with Crippen LogP contribution in [0.1, 0.15) is 53.5 Å². The fraction of sp³-hybridized carbons (Fsp3) is 0.533. The Labute approximate surface area is 123 Å². The first-order chi connectivity index (χ1) is 9.85. The first-order valence-corrected chi connectivity index (χ1v) is 7.05. The molecule has 114 valence electrons. The zero-order valence-electron chi connectivity index (χ0n) is 12.3. The molecule has 2 N–H and O–H groups in total. The normalized spacial score (nSPS) is 16.7. The summed E-state index contributed by atoms with van der Waals surface area (Å²) in [5.74, 6) is -1.31. The van der Waals surface area contributed by atoms with E-state index >= 15 is 0 Å². The summed E-state index contributed by atoms with van der Waals surface area (Å²) in [6, 6.07) is 1.53. The molecule has 0 aromatic carbocycles. The topological polar surface area (TPSA) is 88.4 Å². The van der Waals surface area contributed by atoms with Gasteiger partial charge < -0.3 is 15.0 Å². The van der Waals surface area contributed by atoms with E-state index < -0.39 is 11.4 Å². The number of nitrogens with one attached hydrogen (secondary N) is 1. The Bertz CT molecular complexity index is 582. The van der Waals surface area contributed by atoms with Crippen LogP contribution in [0.2, 0.25) is 0 Å². The van der Waals surface area contributed by atoms with Gasteiger partial charge in [0.2, 0.25) is 0 Å². The third-order valence-electron chi connectivity index (χ3n) is 4.25. The number of hydrogen-bond donors (Lipinski definition) is 2. The molecule has 1 fully saturated rings. The fourth-order valence-electron chi connectivity index (χ4n) is 2.84. The minimum absolute atomic E-state index is 0.109. The molecule has 0 saturated heterocycles. The molecule has 1 aliphatic carbocycles. The van der Waals surface area contributed by atoms with Gasteiger partial charge >= 0.3 is 5.97 Å². The Balaban J connectivity index is 2.08. The van der Waals surface area contributed by atoms with Crippen molar-refractivity contribution in [2.24, 2.45) is 12.5 Å². The van der Waals surface area contributed by atoms with E-state index in [1.54, 1.807) is 17.8 Å². The summed E-state index contributed by atoms with van der Waals surface area (Å²) in [6.45, 7) is 1.57. The van der Waals surface area contributed by atoms with Crippen molar-refractivity contribution in [1.29, 1.82) is 0 Å². The third kappa shape index (κ3) is 2.99. The molecule has 0 unspecified atom stereocenters. The first kappa shape index (κ1) is 15.3. The number of rotatable bonds is 5. The number of hydrogen-bond acceptors (Lipinski definition) is 3. The maximum Gasteiger partial charge on any atom is 0.311 e. The molecule has 0 spiro atoms. The monoisotopic (exact) mass is 292 g/mol. The SMILES string of the molecule is CC(=O)c1cc(C(=O)NCC2(C(=O)O)CCCC2)n(C)c1. The van der Waals surface area contributed by atoms with E-state index in [-0.39, 0.29) is 18.2 Å². The van der Waals surface area contributed by atoms with Gasteiger partial charge in [-0.2, -0.15) is 0 Å². The van der Waals surface area contributed by atoms with Gasteiger partial charge in [0.25, 0.3) is 5.91 Å². The van der Waals surface area contributed by atoms with Gasteiger partial charge in [-0.25, -0.2) is 0 Å². The highest BCUT2D eigenvalue weighted by molar-refractivity contribution is 5.99. The molecule has 1 aromatic rings. The highest BCUT2D eigenvalue weighted by Crippen LogP contribution is 2.37. The van der Waals surface area contributed by atoms with E-state index in [9.17, 15) is 19.5 Å². The molecule has 0 aliphatic heterocycles. The van der Waals surface area contributed by atoms with E-state index in [2.05, 4.69) is 5.32 Å². The van der Waals surface area contributed by atoms with Crippen LogP contribution in [0.15, 0.2) is 12.3 Å². The molecule has 1 aliphatic rings. The summed E-state index contributed by atoms with van der Waals surface area (Å²) in [6.07, 6.45) is 4.53. The summed E-state index contributed by atoms with van der Waals surface area (Å²) in [4.78, 5) is 34.9. The molecule has 21 heavy (non-hydrogen) atoms. The van der Waals surface area contributed by atoms with Crippen LogP contribution in [0.5, 0.6) is 0 Å². The summed E-state index contributed by atoms with van der Waals surface area (Å²) in [5.41, 5.74) is -0.0141. The van der Waals surface area contributed by atoms with Crippen LogP contribution in [-0.2, 0) is 11.8 Å². The molecule has 0 atom stereocenters. The lowest BCUT2D eigenvalue weighted by atomic mass is 9.86. The zero-order chi connectivity index (χ0) is 15.6. The largest absolute Gasteiger partial charge is 0.481 e. The number of Topliss-reactive ketones (excluding diaryl/α,β-unsaturated/α-hetero) is 1. The molecule has 1 amide bonds. The molecular weight excluding hydrogens is 272 g/mol. The number of carboxylic acids is 1. The van der Waals surface area contributed by atoms with Crippen LogP contribution in [-0.4, -0.2) is 33.9 Å². The predicted octanol–water partition coefficient (Wildman–Crippen LogP) is 1.60. The van der Waals surface area contributed by atoms with Gasteiger partial charge in [0.1, 0.15) is 5.69 Å².